The van der Waals surface area contributed by atoms with Gasteiger partial charge in [-0.3, -0.25) is 0 Å². The molecule has 0 amide bonds. The highest BCUT2D eigenvalue weighted by atomic mass is 32.2. The second-order valence-electron chi connectivity index (χ2n) is 4.08. The third-order valence-corrected chi connectivity index (χ3v) is 3.64. The van der Waals surface area contributed by atoms with E-state index in [0.29, 0.717) is 12.5 Å². The molecule has 0 aromatic carbocycles. The topological polar surface area (TPSA) is 61.0 Å². The smallest absolute Gasteiger partial charge is 0.260 e. The van der Waals surface area contributed by atoms with E-state index in [1.807, 2.05) is 18.4 Å². The van der Waals surface area contributed by atoms with Gasteiger partial charge >= 0.3 is 0 Å². The second-order valence-corrected chi connectivity index (χ2v) is 4.87. The summed E-state index contributed by atoms with van der Waals surface area (Å²) in [7, 11) is 0. The van der Waals surface area contributed by atoms with Gasteiger partial charge in [-0.25, -0.2) is 4.98 Å². The number of hydrogen-bond acceptors (Lipinski definition) is 6. The van der Waals surface area contributed by atoms with Crippen LogP contribution >= 0.6 is 11.8 Å². The number of thioether (sulfide) groups is 1. The van der Waals surface area contributed by atoms with Gasteiger partial charge in [0.05, 0.1) is 12.2 Å². The van der Waals surface area contributed by atoms with Crippen molar-refractivity contribution in [2.24, 2.45) is 0 Å². The molecule has 0 radical (unpaired) electrons. The number of aromatic nitrogens is 3. The first-order valence-electron chi connectivity index (χ1n) is 5.79. The summed E-state index contributed by atoms with van der Waals surface area (Å²) in [5.41, 5.74) is 0.891. The molecular formula is C12H13N3O2S. The van der Waals surface area contributed by atoms with Gasteiger partial charge in [-0.05, 0) is 24.8 Å². The molecule has 3 rings (SSSR count). The standard InChI is InChI=1S/C12H13N3O2S/c1-18-12-9(3-2-5-13-12)11-14-10(15-17-11)8-4-6-16-7-8/h2-3,5,8H,4,6-7H2,1H3/t8-/m1/s1. The largest absolute Gasteiger partial charge is 0.381 e. The van der Waals surface area contributed by atoms with Crippen molar-refractivity contribution in [2.75, 3.05) is 19.5 Å². The minimum absolute atomic E-state index is 0.261. The molecule has 1 aliphatic rings. The van der Waals surface area contributed by atoms with Gasteiger partial charge in [-0.1, -0.05) is 5.16 Å². The minimum Gasteiger partial charge on any atom is -0.381 e. The highest BCUT2D eigenvalue weighted by Crippen LogP contribution is 2.29. The number of pyridine rings is 1. The van der Waals surface area contributed by atoms with E-state index in [4.69, 9.17) is 9.26 Å². The lowest BCUT2D eigenvalue weighted by Gasteiger charge is -2.00. The quantitative estimate of drug-likeness (QED) is 0.792. The summed E-state index contributed by atoms with van der Waals surface area (Å²) >= 11 is 1.57. The van der Waals surface area contributed by atoms with Crippen molar-refractivity contribution >= 4 is 11.8 Å². The van der Waals surface area contributed by atoms with Crippen LogP contribution in [0.15, 0.2) is 27.9 Å². The van der Waals surface area contributed by atoms with Crippen LogP contribution in [0.4, 0.5) is 0 Å². The van der Waals surface area contributed by atoms with E-state index in [9.17, 15) is 0 Å². The summed E-state index contributed by atoms with van der Waals surface area (Å²) in [6.45, 7) is 1.46. The lowest BCUT2D eigenvalue weighted by Crippen LogP contribution is -1.99. The van der Waals surface area contributed by atoms with E-state index in [-0.39, 0.29) is 5.92 Å². The molecule has 2 aromatic rings. The average Bonchev–Trinajstić information content (AvgIpc) is 3.09. The van der Waals surface area contributed by atoms with Gasteiger partial charge in [0, 0.05) is 18.7 Å². The normalized spacial score (nSPS) is 19.3. The van der Waals surface area contributed by atoms with Crippen molar-refractivity contribution in [1.29, 1.82) is 0 Å². The maximum absolute atomic E-state index is 5.34. The van der Waals surface area contributed by atoms with Gasteiger partial charge in [0.15, 0.2) is 5.82 Å². The van der Waals surface area contributed by atoms with Crippen LogP contribution in [-0.2, 0) is 4.74 Å². The van der Waals surface area contributed by atoms with E-state index in [0.717, 1.165) is 29.4 Å². The van der Waals surface area contributed by atoms with Crippen molar-refractivity contribution in [3.63, 3.8) is 0 Å². The molecule has 6 heteroatoms. The molecule has 0 saturated carbocycles. The van der Waals surface area contributed by atoms with E-state index in [1.54, 1.807) is 18.0 Å². The van der Waals surface area contributed by atoms with E-state index in [1.165, 1.54) is 0 Å². The van der Waals surface area contributed by atoms with E-state index < -0.39 is 0 Å². The summed E-state index contributed by atoms with van der Waals surface area (Å²) in [6.07, 6.45) is 4.70. The average molecular weight is 263 g/mol. The lowest BCUT2D eigenvalue weighted by molar-refractivity contribution is 0.192. The monoisotopic (exact) mass is 263 g/mol. The first-order chi connectivity index (χ1) is 8.88. The van der Waals surface area contributed by atoms with Gasteiger partial charge in [0.1, 0.15) is 5.03 Å². The van der Waals surface area contributed by atoms with Crippen LogP contribution in [0.1, 0.15) is 18.2 Å². The molecule has 0 N–H and O–H groups in total. The molecule has 0 aliphatic carbocycles. The molecule has 1 fully saturated rings. The number of nitrogens with zero attached hydrogens (tertiary/aromatic N) is 3. The second kappa shape index (κ2) is 5.07. The Hall–Kier alpha value is -1.40. The summed E-state index contributed by atoms with van der Waals surface area (Å²) in [6, 6.07) is 3.82. The molecule has 5 nitrogen and oxygen atoms in total. The fourth-order valence-electron chi connectivity index (χ4n) is 1.96. The van der Waals surface area contributed by atoms with Gasteiger partial charge < -0.3 is 9.26 Å². The predicted molar refractivity (Wildman–Crippen MR) is 67.5 cm³/mol. The third kappa shape index (κ3) is 2.13. The van der Waals surface area contributed by atoms with Crippen molar-refractivity contribution in [2.45, 2.75) is 17.4 Å². The first-order valence-corrected chi connectivity index (χ1v) is 7.01. The van der Waals surface area contributed by atoms with Crippen LogP contribution in [0.25, 0.3) is 11.5 Å². The van der Waals surface area contributed by atoms with Gasteiger partial charge in [0.2, 0.25) is 0 Å². The van der Waals surface area contributed by atoms with Crippen molar-refractivity contribution < 1.29 is 9.26 Å². The summed E-state index contributed by atoms with van der Waals surface area (Å²) in [4.78, 5) is 8.75. The number of rotatable bonds is 3. The molecule has 2 aromatic heterocycles. The predicted octanol–water partition coefficient (Wildman–Crippen LogP) is 2.36. The zero-order valence-corrected chi connectivity index (χ0v) is 10.8. The molecule has 1 saturated heterocycles. The Kier molecular flexibility index (Phi) is 3.29. The van der Waals surface area contributed by atoms with Crippen LogP contribution in [0.5, 0.6) is 0 Å². The van der Waals surface area contributed by atoms with Gasteiger partial charge in [-0.15, -0.1) is 11.8 Å². The van der Waals surface area contributed by atoms with Crippen molar-refractivity contribution in [1.82, 2.24) is 15.1 Å². The maximum atomic E-state index is 5.34. The molecule has 1 atom stereocenters. The molecule has 1 aliphatic heterocycles. The number of ether oxygens (including phenoxy) is 1. The first kappa shape index (κ1) is 11.7. The van der Waals surface area contributed by atoms with Crippen molar-refractivity contribution in [3.05, 3.63) is 24.2 Å². The summed E-state index contributed by atoms with van der Waals surface area (Å²) in [5, 5.41) is 4.95. The molecule has 3 heterocycles. The lowest BCUT2D eigenvalue weighted by atomic mass is 10.1. The van der Waals surface area contributed by atoms with Crippen molar-refractivity contribution in [3.8, 4) is 11.5 Å². The fraction of sp³-hybridized carbons (Fsp3) is 0.417. The van der Waals surface area contributed by atoms with Crippen LogP contribution in [-0.4, -0.2) is 34.6 Å². The molecule has 0 spiro atoms. The highest BCUT2D eigenvalue weighted by Gasteiger charge is 2.24. The molecular weight excluding hydrogens is 250 g/mol. The van der Waals surface area contributed by atoms with Gasteiger partial charge in [-0.2, -0.15) is 4.98 Å². The Morgan fingerprint density at radius 1 is 1.44 bits per heavy atom. The Morgan fingerprint density at radius 2 is 2.39 bits per heavy atom. The fourth-order valence-corrected chi connectivity index (χ4v) is 2.51. The van der Waals surface area contributed by atoms with Crippen LogP contribution < -0.4 is 0 Å². The van der Waals surface area contributed by atoms with Gasteiger partial charge in [0.25, 0.3) is 5.89 Å². The third-order valence-electron chi connectivity index (χ3n) is 2.93. The summed E-state index contributed by atoms with van der Waals surface area (Å²) < 4.78 is 10.7. The molecule has 0 unspecified atom stereocenters. The Bertz CT molecular complexity index is 538. The zero-order valence-electron chi connectivity index (χ0n) is 10.00. The highest BCUT2D eigenvalue weighted by molar-refractivity contribution is 7.98. The zero-order chi connectivity index (χ0) is 12.4. The maximum Gasteiger partial charge on any atom is 0.260 e. The van der Waals surface area contributed by atoms with E-state index >= 15 is 0 Å². The Labute approximate surface area is 109 Å². The van der Waals surface area contributed by atoms with Crippen LogP contribution in [0.2, 0.25) is 0 Å². The van der Waals surface area contributed by atoms with E-state index in [2.05, 4.69) is 15.1 Å². The van der Waals surface area contributed by atoms with Crippen LogP contribution in [0, 0.1) is 0 Å². The Morgan fingerprint density at radius 3 is 3.17 bits per heavy atom. The Balaban J connectivity index is 1.92. The SMILES string of the molecule is CSc1ncccc1-c1nc([C@@H]2CCOC2)no1. The minimum atomic E-state index is 0.261. The summed E-state index contributed by atoms with van der Waals surface area (Å²) in [5.74, 6) is 1.53. The molecule has 0 bridgehead atoms. The molecule has 18 heavy (non-hydrogen) atoms. The number of hydrogen-bond donors (Lipinski definition) is 0. The molecule has 94 valence electrons. The van der Waals surface area contributed by atoms with Crippen LogP contribution in [0.3, 0.4) is 0 Å².